The predicted molar refractivity (Wildman–Crippen MR) is 77.0 cm³/mol. The first-order valence-corrected chi connectivity index (χ1v) is 6.67. The van der Waals surface area contributed by atoms with Gasteiger partial charge in [-0.1, -0.05) is 25.1 Å². The molecule has 2 heterocycles. The molecule has 1 aromatic carbocycles. The van der Waals surface area contributed by atoms with Crippen LogP contribution in [0.3, 0.4) is 0 Å². The van der Waals surface area contributed by atoms with Gasteiger partial charge in [-0.15, -0.1) is 0 Å². The average molecular weight is 268 g/mol. The Morgan fingerprint density at radius 1 is 1.35 bits per heavy atom. The summed E-state index contributed by atoms with van der Waals surface area (Å²) in [4.78, 5) is 12.5. The van der Waals surface area contributed by atoms with Gasteiger partial charge in [-0.2, -0.15) is 5.10 Å². The molecule has 0 unspecified atom stereocenters. The Morgan fingerprint density at radius 3 is 2.80 bits per heavy atom. The number of para-hydroxylation sites is 1. The number of hydrogen-bond donors (Lipinski definition) is 0. The van der Waals surface area contributed by atoms with E-state index in [1.54, 1.807) is 17.8 Å². The van der Waals surface area contributed by atoms with Gasteiger partial charge in [-0.25, -0.2) is 0 Å². The summed E-state index contributed by atoms with van der Waals surface area (Å²) in [5.41, 5.74) is 3.26. The zero-order chi connectivity index (χ0) is 14.3. The third-order valence-corrected chi connectivity index (χ3v) is 3.49. The van der Waals surface area contributed by atoms with Gasteiger partial charge < -0.3 is 4.42 Å². The van der Waals surface area contributed by atoms with Crippen LogP contribution in [0.15, 0.2) is 34.7 Å². The van der Waals surface area contributed by atoms with E-state index in [4.69, 9.17) is 4.42 Å². The highest BCUT2D eigenvalue weighted by Crippen LogP contribution is 2.24. The highest BCUT2D eigenvalue weighted by molar-refractivity contribution is 6.08. The van der Waals surface area contributed by atoms with Gasteiger partial charge in [0.2, 0.25) is 5.78 Å². The van der Waals surface area contributed by atoms with Gasteiger partial charge >= 0.3 is 0 Å². The Bertz CT molecular complexity index is 796. The summed E-state index contributed by atoms with van der Waals surface area (Å²) < 4.78 is 7.33. The fourth-order valence-corrected chi connectivity index (χ4v) is 2.36. The Labute approximate surface area is 117 Å². The number of carbonyl (C=O) groups excluding carboxylic acids is 1. The predicted octanol–water partition coefficient (Wildman–Crippen LogP) is 3.27. The molecule has 0 saturated carbocycles. The summed E-state index contributed by atoms with van der Waals surface area (Å²) >= 11 is 0. The van der Waals surface area contributed by atoms with Crippen LogP contribution in [0.2, 0.25) is 0 Å². The van der Waals surface area contributed by atoms with Gasteiger partial charge in [-0.05, 0) is 31.0 Å². The Balaban J connectivity index is 2.08. The molecule has 102 valence electrons. The number of aryl methyl sites for hydroxylation is 3. The smallest absolute Gasteiger partial charge is 0.246 e. The van der Waals surface area contributed by atoms with Crippen molar-refractivity contribution in [2.24, 2.45) is 7.05 Å². The lowest BCUT2D eigenvalue weighted by atomic mass is 10.1. The monoisotopic (exact) mass is 268 g/mol. The van der Waals surface area contributed by atoms with E-state index in [1.807, 2.05) is 38.1 Å². The minimum absolute atomic E-state index is 0.129. The largest absolute Gasteiger partial charge is 0.452 e. The topological polar surface area (TPSA) is 48.0 Å². The van der Waals surface area contributed by atoms with Crippen LogP contribution in [0.4, 0.5) is 0 Å². The molecule has 4 heteroatoms. The molecule has 0 aliphatic rings. The first-order valence-electron chi connectivity index (χ1n) is 6.67. The zero-order valence-corrected chi connectivity index (χ0v) is 11.8. The SMILES string of the molecule is CCc1cc(C(=O)c2cc3cccc(C)c3o2)n(C)n1. The van der Waals surface area contributed by atoms with Crippen LogP contribution in [0, 0.1) is 6.92 Å². The third kappa shape index (κ3) is 1.93. The van der Waals surface area contributed by atoms with Crippen molar-refractivity contribution in [2.45, 2.75) is 20.3 Å². The highest BCUT2D eigenvalue weighted by Gasteiger charge is 2.19. The fourth-order valence-electron chi connectivity index (χ4n) is 2.36. The first-order chi connectivity index (χ1) is 9.60. The molecule has 0 spiro atoms. The van der Waals surface area contributed by atoms with Crippen LogP contribution < -0.4 is 0 Å². The van der Waals surface area contributed by atoms with Gasteiger partial charge in [0.25, 0.3) is 0 Å². The maximum Gasteiger partial charge on any atom is 0.246 e. The lowest BCUT2D eigenvalue weighted by molar-refractivity contribution is 0.100. The quantitative estimate of drug-likeness (QED) is 0.685. The molecule has 3 aromatic rings. The van der Waals surface area contributed by atoms with Crippen LogP contribution in [-0.2, 0) is 13.5 Å². The molecule has 2 aromatic heterocycles. The number of rotatable bonds is 3. The van der Waals surface area contributed by atoms with Crippen LogP contribution in [0.25, 0.3) is 11.0 Å². The number of aromatic nitrogens is 2. The minimum atomic E-state index is -0.129. The molecular formula is C16H16N2O2. The number of carbonyl (C=O) groups is 1. The first kappa shape index (κ1) is 12.7. The second kappa shape index (κ2) is 4.63. The van der Waals surface area contributed by atoms with Crippen LogP contribution in [0.1, 0.15) is 34.4 Å². The summed E-state index contributed by atoms with van der Waals surface area (Å²) in [6, 6.07) is 9.50. The minimum Gasteiger partial charge on any atom is -0.452 e. The van der Waals surface area contributed by atoms with E-state index in [-0.39, 0.29) is 5.78 Å². The standard InChI is InChI=1S/C16H16N2O2/c1-4-12-9-13(18(3)17-12)15(19)14-8-11-7-5-6-10(2)16(11)20-14/h5-9H,4H2,1-3H3. The third-order valence-electron chi connectivity index (χ3n) is 3.49. The number of nitrogens with zero attached hydrogens (tertiary/aromatic N) is 2. The maximum atomic E-state index is 12.5. The van der Waals surface area contributed by atoms with Crippen molar-refractivity contribution in [3.63, 3.8) is 0 Å². The van der Waals surface area contributed by atoms with Gasteiger partial charge in [0.05, 0.1) is 5.69 Å². The molecule has 0 radical (unpaired) electrons. The van der Waals surface area contributed by atoms with Gasteiger partial charge in [0.1, 0.15) is 11.3 Å². The number of benzene rings is 1. The maximum absolute atomic E-state index is 12.5. The molecule has 20 heavy (non-hydrogen) atoms. The second-order valence-corrected chi connectivity index (χ2v) is 4.93. The molecule has 0 N–H and O–H groups in total. The average Bonchev–Trinajstić information content (AvgIpc) is 3.02. The van der Waals surface area contributed by atoms with Crippen molar-refractivity contribution in [3.05, 3.63) is 53.0 Å². The summed E-state index contributed by atoms with van der Waals surface area (Å²) in [6.45, 7) is 3.99. The van der Waals surface area contributed by atoms with Crippen molar-refractivity contribution in [1.29, 1.82) is 0 Å². The molecule has 0 fully saturated rings. The number of fused-ring (bicyclic) bond motifs is 1. The molecule has 0 bridgehead atoms. The van der Waals surface area contributed by atoms with E-state index in [2.05, 4.69) is 5.10 Å². The lowest BCUT2D eigenvalue weighted by Crippen LogP contribution is -2.07. The number of ketones is 1. The normalized spacial score (nSPS) is 11.2. The molecule has 0 aliphatic carbocycles. The molecule has 0 saturated heterocycles. The van der Waals surface area contributed by atoms with Crippen LogP contribution in [0.5, 0.6) is 0 Å². The van der Waals surface area contributed by atoms with Crippen LogP contribution >= 0.6 is 0 Å². The van der Waals surface area contributed by atoms with Gasteiger partial charge in [0.15, 0.2) is 5.76 Å². The van der Waals surface area contributed by atoms with Crippen molar-refractivity contribution in [2.75, 3.05) is 0 Å². The van der Waals surface area contributed by atoms with E-state index in [9.17, 15) is 4.79 Å². The number of furan rings is 1. The molecule has 0 aliphatic heterocycles. The number of hydrogen-bond acceptors (Lipinski definition) is 3. The fraction of sp³-hybridized carbons (Fsp3) is 0.250. The summed E-state index contributed by atoms with van der Waals surface area (Å²) in [5.74, 6) is 0.232. The zero-order valence-electron chi connectivity index (χ0n) is 11.8. The molecule has 0 amide bonds. The van der Waals surface area contributed by atoms with Crippen LogP contribution in [-0.4, -0.2) is 15.6 Å². The van der Waals surface area contributed by atoms with E-state index in [0.717, 1.165) is 28.6 Å². The summed E-state index contributed by atoms with van der Waals surface area (Å²) in [7, 11) is 1.78. The Kier molecular flexibility index (Phi) is 2.93. The van der Waals surface area contributed by atoms with Gasteiger partial charge in [-0.3, -0.25) is 9.48 Å². The molecule has 4 nitrogen and oxygen atoms in total. The van der Waals surface area contributed by atoms with E-state index in [1.165, 1.54) is 0 Å². The second-order valence-electron chi connectivity index (χ2n) is 4.93. The Hall–Kier alpha value is -2.36. The van der Waals surface area contributed by atoms with Crippen molar-refractivity contribution >= 4 is 16.8 Å². The molecule has 3 rings (SSSR count). The highest BCUT2D eigenvalue weighted by atomic mass is 16.3. The van der Waals surface area contributed by atoms with E-state index < -0.39 is 0 Å². The molecule has 0 atom stereocenters. The van der Waals surface area contributed by atoms with Crippen molar-refractivity contribution in [1.82, 2.24) is 9.78 Å². The van der Waals surface area contributed by atoms with E-state index in [0.29, 0.717) is 11.5 Å². The Morgan fingerprint density at radius 2 is 2.15 bits per heavy atom. The van der Waals surface area contributed by atoms with E-state index >= 15 is 0 Å². The molecular weight excluding hydrogens is 252 g/mol. The lowest BCUT2D eigenvalue weighted by Gasteiger charge is -1.97. The van der Waals surface area contributed by atoms with Crippen molar-refractivity contribution in [3.8, 4) is 0 Å². The summed E-state index contributed by atoms with van der Waals surface area (Å²) in [5, 5.41) is 5.25. The van der Waals surface area contributed by atoms with Gasteiger partial charge in [0, 0.05) is 12.4 Å². The summed E-state index contributed by atoms with van der Waals surface area (Å²) in [6.07, 6.45) is 0.806. The van der Waals surface area contributed by atoms with Crippen molar-refractivity contribution < 1.29 is 9.21 Å².